The Balaban J connectivity index is 1.49. The Morgan fingerprint density at radius 3 is 2.26 bits per heavy atom. The average Bonchev–Trinajstić information content (AvgIpc) is 2.79. The van der Waals surface area contributed by atoms with Crippen molar-refractivity contribution in [2.24, 2.45) is 23.7 Å². The van der Waals surface area contributed by atoms with Crippen molar-refractivity contribution >= 4 is 17.5 Å². The lowest BCUT2D eigenvalue weighted by molar-refractivity contribution is -0.0122. The van der Waals surface area contributed by atoms with Crippen LogP contribution < -0.4 is 5.32 Å². The van der Waals surface area contributed by atoms with Gasteiger partial charge in [-0.25, -0.2) is 0 Å². The van der Waals surface area contributed by atoms with Gasteiger partial charge in [-0.2, -0.15) is 0 Å². The summed E-state index contributed by atoms with van der Waals surface area (Å²) in [5, 5.41) is 3.47. The molecule has 4 aliphatic rings. The molecule has 4 bridgehead atoms. The SMILES string of the molecule is O=C(NC1C2CC3CC(C2)CC1C3)c1ccc(Cl)o1. The Kier molecular flexibility index (Phi) is 2.66. The van der Waals surface area contributed by atoms with Crippen LogP contribution in [-0.4, -0.2) is 11.9 Å². The molecule has 1 aromatic heterocycles. The smallest absolute Gasteiger partial charge is 0.287 e. The summed E-state index contributed by atoms with van der Waals surface area (Å²) in [6.45, 7) is 0. The molecule has 1 aromatic rings. The highest BCUT2D eigenvalue weighted by atomic mass is 35.5. The van der Waals surface area contributed by atoms with Crippen molar-refractivity contribution in [1.82, 2.24) is 5.32 Å². The number of halogens is 1. The van der Waals surface area contributed by atoms with Crippen LogP contribution >= 0.6 is 11.6 Å². The van der Waals surface area contributed by atoms with Gasteiger partial charge in [0.15, 0.2) is 11.0 Å². The van der Waals surface area contributed by atoms with Crippen LogP contribution in [0.3, 0.4) is 0 Å². The van der Waals surface area contributed by atoms with E-state index >= 15 is 0 Å². The lowest BCUT2D eigenvalue weighted by Gasteiger charge is -2.54. The van der Waals surface area contributed by atoms with Crippen LogP contribution in [0.2, 0.25) is 5.22 Å². The molecule has 0 spiro atoms. The largest absolute Gasteiger partial charge is 0.440 e. The summed E-state index contributed by atoms with van der Waals surface area (Å²) in [6, 6.07) is 3.62. The maximum absolute atomic E-state index is 12.2. The number of hydrogen-bond acceptors (Lipinski definition) is 2. The zero-order chi connectivity index (χ0) is 13.0. The van der Waals surface area contributed by atoms with Crippen molar-refractivity contribution in [2.45, 2.75) is 38.1 Å². The number of nitrogens with one attached hydrogen (secondary N) is 1. The first kappa shape index (κ1) is 11.8. The zero-order valence-corrected chi connectivity index (χ0v) is 11.5. The highest BCUT2D eigenvalue weighted by molar-refractivity contribution is 6.29. The van der Waals surface area contributed by atoms with Gasteiger partial charge < -0.3 is 9.73 Å². The van der Waals surface area contributed by atoms with E-state index in [1.165, 1.54) is 32.1 Å². The molecule has 0 aromatic carbocycles. The number of hydrogen-bond donors (Lipinski definition) is 1. The molecule has 1 heterocycles. The Morgan fingerprint density at radius 2 is 1.74 bits per heavy atom. The van der Waals surface area contributed by atoms with Gasteiger partial charge in [0.25, 0.3) is 5.91 Å². The minimum atomic E-state index is -0.107. The molecule has 102 valence electrons. The van der Waals surface area contributed by atoms with Crippen molar-refractivity contribution in [1.29, 1.82) is 0 Å². The van der Waals surface area contributed by atoms with E-state index in [0.29, 0.717) is 23.6 Å². The minimum absolute atomic E-state index is 0.107. The van der Waals surface area contributed by atoms with Crippen LogP contribution in [0.15, 0.2) is 16.5 Å². The molecule has 0 atom stereocenters. The van der Waals surface area contributed by atoms with Gasteiger partial charge in [0, 0.05) is 6.04 Å². The molecule has 0 unspecified atom stereocenters. The molecular formula is C15H18ClNO2. The monoisotopic (exact) mass is 279 g/mol. The second-order valence-electron chi connectivity index (χ2n) is 6.53. The molecule has 19 heavy (non-hydrogen) atoms. The lowest BCUT2D eigenvalue weighted by Crippen LogP contribution is -2.55. The van der Waals surface area contributed by atoms with Crippen LogP contribution in [-0.2, 0) is 0 Å². The first-order valence-electron chi connectivity index (χ1n) is 7.25. The predicted molar refractivity (Wildman–Crippen MR) is 72.0 cm³/mol. The van der Waals surface area contributed by atoms with Gasteiger partial charge >= 0.3 is 0 Å². The average molecular weight is 280 g/mol. The summed E-state index contributed by atoms with van der Waals surface area (Å²) in [6.07, 6.45) is 6.64. The number of amides is 1. The van der Waals surface area contributed by atoms with E-state index in [2.05, 4.69) is 5.32 Å². The second-order valence-corrected chi connectivity index (χ2v) is 6.91. The predicted octanol–water partition coefficient (Wildman–Crippen LogP) is 3.49. The topological polar surface area (TPSA) is 42.2 Å². The molecule has 4 heteroatoms. The van der Waals surface area contributed by atoms with E-state index in [-0.39, 0.29) is 11.1 Å². The zero-order valence-electron chi connectivity index (χ0n) is 10.8. The van der Waals surface area contributed by atoms with Crippen LogP contribution in [0.4, 0.5) is 0 Å². The summed E-state index contributed by atoms with van der Waals surface area (Å²) in [7, 11) is 0. The summed E-state index contributed by atoms with van der Waals surface area (Å²) < 4.78 is 5.19. The minimum Gasteiger partial charge on any atom is -0.440 e. The Bertz CT molecular complexity index is 482. The molecule has 3 nitrogen and oxygen atoms in total. The quantitative estimate of drug-likeness (QED) is 0.900. The van der Waals surface area contributed by atoms with Crippen LogP contribution in [0.5, 0.6) is 0 Å². The Morgan fingerprint density at radius 1 is 1.11 bits per heavy atom. The van der Waals surface area contributed by atoms with Gasteiger partial charge in [0.05, 0.1) is 0 Å². The Labute approximate surface area is 117 Å². The number of furan rings is 1. The molecule has 1 amide bonds. The Hall–Kier alpha value is -0.960. The van der Waals surface area contributed by atoms with Crippen LogP contribution in [0, 0.1) is 23.7 Å². The number of rotatable bonds is 2. The maximum Gasteiger partial charge on any atom is 0.287 e. The molecule has 4 aliphatic carbocycles. The van der Waals surface area contributed by atoms with Gasteiger partial charge in [-0.3, -0.25) is 4.79 Å². The lowest BCUT2D eigenvalue weighted by atomic mass is 9.54. The second kappa shape index (κ2) is 4.27. The third-order valence-corrected chi connectivity index (χ3v) is 5.52. The fourth-order valence-electron chi connectivity index (χ4n) is 4.82. The molecule has 0 radical (unpaired) electrons. The first-order chi connectivity index (χ1) is 9.19. The van der Waals surface area contributed by atoms with E-state index in [1.807, 2.05) is 0 Å². The van der Waals surface area contributed by atoms with Crippen molar-refractivity contribution in [3.8, 4) is 0 Å². The molecule has 4 saturated carbocycles. The normalized spacial score (nSPS) is 39.5. The van der Waals surface area contributed by atoms with Gasteiger partial charge in [-0.1, -0.05) is 0 Å². The molecule has 1 N–H and O–H groups in total. The van der Waals surface area contributed by atoms with E-state index in [4.69, 9.17) is 16.0 Å². The third kappa shape index (κ3) is 1.99. The summed E-state index contributed by atoms with van der Waals surface area (Å²) in [5.74, 6) is 3.45. The molecule has 4 fully saturated rings. The molecule has 5 rings (SSSR count). The molecular weight excluding hydrogens is 262 g/mol. The third-order valence-electron chi connectivity index (χ3n) is 5.32. The van der Waals surface area contributed by atoms with Crippen LogP contribution in [0.1, 0.15) is 42.7 Å². The van der Waals surface area contributed by atoms with Crippen molar-refractivity contribution in [3.05, 3.63) is 23.1 Å². The van der Waals surface area contributed by atoms with E-state index in [9.17, 15) is 4.79 Å². The highest BCUT2D eigenvalue weighted by Gasteiger charge is 2.48. The highest BCUT2D eigenvalue weighted by Crippen LogP contribution is 2.53. The van der Waals surface area contributed by atoms with Crippen molar-refractivity contribution in [2.75, 3.05) is 0 Å². The van der Waals surface area contributed by atoms with Gasteiger partial charge in [-0.15, -0.1) is 0 Å². The molecule has 0 aliphatic heterocycles. The summed E-state index contributed by atoms with van der Waals surface area (Å²) >= 11 is 5.72. The first-order valence-corrected chi connectivity index (χ1v) is 7.63. The van der Waals surface area contributed by atoms with Gasteiger partial charge in [0.2, 0.25) is 0 Å². The van der Waals surface area contributed by atoms with E-state index < -0.39 is 0 Å². The van der Waals surface area contributed by atoms with Gasteiger partial charge in [0.1, 0.15) is 0 Å². The maximum atomic E-state index is 12.2. The van der Waals surface area contributed by atoms with Gasteiger partial charge in [-0.05, 0) is 79.5 Å². The van der Waals surface area contributed by atoms with E-state index in [1.54, 1.807) is 12.1 Å². The van der Waals surface area contributed by atoms with Crippen LogP contribution in [0.25, 0.3) is 0 Å². The standard InChI is InChI=1S/C15H18ClNO2/c16-13-2-1-12(19-13)15(18)17-14-10-4-8-3-9(6-10)7-11(14)5-8/h1-2,8-11,14H,3-7H2,(H,17,18). The van der Waals surface area contributed by atoms with Crippen molar-refractivity contribution < 1.29 is 9.21 Å². The number of carbonyl (C=O) groups excluding carboxylic acids is 1. The van der Waals surface area contributed by atoms with E-state index in [0.717, 1.165) is 11.8 Å². The summed E-state index contributed by atoms with van der Waals surface area (Å²) in [4.78, 5) is 12.2. The molecule has 0 saturated heterocycles. The fourth-order valence-corrected chi connectivity index (χ4v) is 4.97. The summed E-state index contributed by atoms with van der Waals surface area (Å²) in [5.41, 5.74) is 0. The van der Waals surface area contributed by atoms with Crippen molar-refractivity contribution in [3.63, 3.8) is 0 Å². The fraction of sp³-hybridized carbons (Fsp3) is 0.667. The number of carbonyl (C=O) groups is 1.